The number of aryl methyl sites for hydroxylation is 1. The number of aliphatic hydroxyl groups excluding tert-OH is 1. The zero-order chi connectivity index (χ0) is 15.9. The summed E-state index contributed by atoms with van der Waals surface area (Å²) in [6.45, 7) is 9.10. The van der Waals surface area contributed by atoms with Crippen LogP contribution in [0, 0.1) is 6.92 Å². The van der Waals surface area contributed by atoms with Gasteiger partial charge < -0.3 is 10.4 Å². The zero-order valence-electron chi connectivity index (χ0n) is 13.6. The summed E-state index contributed by atoms with van der Waals surface area (Å²) in [5, 5.41) is 12.0. The fourth-order valence-electron chi connectivity index (χ4n) is 2.72. The van der Waals surface area contributed by atoms with Crippen LogP contribution in [0.25, 0.3) is 0 Å². The van der Waals surface area contributed by atoms with Gasteiger partial charge in [0, 0.05) is 39.3 Å². The van der Waals surface area contributed by atoms with Gasteiger partial charge in [0.25, 0.3) is 0 Å². The van der Waals surface area contributed by atoms with Crippen molar-refractivity contribution in [1.29, 1.82) is 0 Å². The van der Waals surface area contributed by atoms with E-state index in [4.69, 9.17) is 5.11 Å². The molecule has 1 aromatic carbocycles. The van der Waals surface area contributed by atoms with Gasteiger partial charge in [-0.05, 0) is 19.4 Å². The van der Waals surface area contributed by atoms with Gasteiger partial charge in [0.15, 0.2) is 0 Å². The van der Waals surface area contributed by atoms with E-state index < -0.39 is 0 Å². The van der Waals surface area contributed by atoms with Crippen LogP contribution in [0.2, 0.25) is 0 Å². The summed E-state index contributed by atoms with van der Waals surface area (Å²) < 4.78 is 0. The van der Waals surface area contributed by atoms with Crippen LogP contribution in [0.15, 0.2) is 24.3 Å². The predicted octanol–water partition coefficient (Wildman–Crippen LogP) is 0.610. The largest absolute Gasteiger partial charge is 0.395 e. The summed E-state index contributed by atoms with van der Waals surface area (Å²) in [6.07, 6.45) is 0. The molecular weight excluding hydrogens is 278 g/mol. The number of β-amino-alcohol motifs (C(OH)–C–C–N with tert-alkyl or cyclic N) is 1. The topological polar surface area (TPSA) is 55.8 Å². The Morgan fingerprint density at radius 3 is 2.45 bits per heavy atom. The van der Waals surface area contributed by atoms with Gasteiger partial charge in [-0.3, -0.25) is 14.6 Å². The Bertz CT molecular complexity index is 467. The van der Waals surface area contributed by atoms with Gasteiger partial charge in [0.2, 0.25) is 5.91 Å². The first-order valence-electron chi connectivity index (χ1n) is 8.00. The second-order valence-corrected chi connectivity index (χ2v) is 5.98. The van der Waals surface area contributed by atoms with Crippen LogP contribution in [-0.4, -0.2) is 66.2 Å². The Morgan fingerprint density at radius 1 is 1.23 bits per heavy atom. The number of rotatable bonds is 6. The number of nitrogens with one attached hydrogen (secondary N) is 1. The molecule has 1 heterocycles. The number of hydrogen-bond donors (Lipinski definition) is 2. The first-order valence-corrected chi connectivity index (χ1v) is 8.00. The number of nitrogens with zero attached hydrogens (tertiary/aromatic N) is 2. The van der Waals surface area contributed by atoms with Gasteiger partial charge in [0.1, 0.15) is 0 Å². The Balaban J connectivity index is 1.76. The third kappa shape index (κ3) is 4.80. The van der Waals surface area contributed by atoms with Gasteiger partial charge in [-0.2, -0.15) is 0 Å². The summed E-state index contributed by atoms with van der Waals surface area (Å²) in [4.78, 5) is 16.7. The monoisotopic (exact) mass is 305 g/mol. The molecule has 1 aromatic rings. The summed E-state index contributed by atoms with van der Waals surface area (Å²) in [5.41, 5.74) is 2.35. The van der Waals surface area contributed by atoms with Gasteiger partial charge >= 0.3 is 0 Å². The van der Waals surface area contributed by atoms with Crippen molar-refractivity contribution in [3.63, 3.8) is 0 Å². The minimum Gasteiger partial charge on any atom is -0.395 e. The van der Waals surface area contributed by atoms with E-state index in [9.17, 15) is 4.79 Å². The Labute approximate surface area is 132 Å². The molecule has 0 bridgehead atoms. The van der Waals surface area contributed by atoms with Crippen molar-refractivity contribution in [2.45, 2.75) is 26.4 Å². The number of benzene rings is 1. The van der Waals surface area contributed by atoms with Crippen LogP contribution < -0.4 is 5.32 Å². The Morgan fingerprint density at radius 2 is 1.86 bits per heavy atom. The highest BCUT2D eigenvalue weighted by Crippen LogP contribution is 2.07. The molecule has 22 heavy (non-hydrogen) atoms. The fourth-order valence-corrected chi connectivity index (χ4v) is 2.72. The maximum Gasteiger partial charge on any atom is 0.237 e. The summed E-state index contributed by atoms with van der Waals surface area (Å²) in [7, 11) is 0. The molecule has 2 rings (SSSR count). The summed E-state index contributed by atoms with van der Waals surface area (Å²) in [5.74, 6) is 0.0798. The molecule has 0 saturated carbocycles. The maximum atomic E-state index is 12.3. The van der Waals surface area contributed by atoms with Crippen molar-refractivity contribution >= 4 is 5.91 Å². The number of aliphatic hydroxyl groups is 1. The highest BCUT2D eigenvalue weighted by atomic mass is 16.3. The zero-order valence-corrected chi connectivity index (χ0v) is 13.6. The van der Waals surface area contributed by atoms with Crippen molar-refractivity contribution < 1.29 is 9.90 Å². The third-order valence-electron chi connectivity index (χ3n) is 4.34. The molecule has 122 valence electrons. The first-order chi connectivity index (χ1) is 10.6. The van der Waals surface area contributed by atoms with E-state index >= 15 is 0 Å². The summed E-state index contributed by atoms with van der Waals surface area (Å²) >= 11 is 0. The number of carbonyl (C=O) groups is 1. The average Bonchev–Trinajstić information content (AvgIpc) is 2.54. The van der Waals surface area contributed by atoms with Crippen molar-refractivity contribution in [2.24, 2.45) is 0 Å². The minimum atomic E-state index is -0.110. The quantitative estimate of drug-likeness (QED) is 0.808. The Kier molecular flexibility index (Phi) is 6.36. The number of hydrogen-bond acceptors (Lipinski definition) is 4. The van der Waals surface area contributed by atoms with Crippen LogP contribution in [0.4, 0.5) is 0 Å². The highest BCUT2D eigenvalue weighted by Gasteiger charge is 2.24. The molecule has 0 aromatic heterocycles. The van der Waals surface area contributed by atoms with Gasteiger partial charge in [-0.25, -0.2) is 0 Å². The van der Waals surface area contributed by atoms with E-state index in [-0.39, 0.29) is 18.6 Å². The van der Waals surface area contributed by atoms with Crippen LogP contribution >= 0.6 is 0 Å². The predicted molar refractivity (Wildman–Crippen MR) is 87.6 cm³/mol. The molecule has 1 amide bonds. The molecule has 0 radical (unpaired) electrons. The number of amides is 1. The minimum absolute atomic E-state index is 0.0798. The molecular formula is C17H27N3O2. The van der Waals surface area contributed by atoms with E-state index in [0.29, 0.717) is 6.54 Å². The molecule has 0 aliphatic carbocycles. The van der Waals surface area contributed by atoms with E-state index in [1.807, 2.05) is 19.1 Å². The smallest absolute Gasteiger partial charge is 0.237 e. The summed E-state index contributed by atoms with van der Waals surface area (Å²) in [6, 6.07) is 8.11. The standard InChI is InChI=1S/C17H27N3O2/c1-14-3-5-16(6-4-14)13-18-17(22)15(2)20-9-7-19(8-10-20)11-12-21/h3-6,15,21H,7-13H2,1-2H3,(H,18,22). The first kappa shape index (κ1) is 16.9. The molecule has 5 nitrogen and oxygen atoms in total. The molecule has 1 saturated heterocycles. The molecule has 1 atom stereocenters. The van der Waals surface area contributed by atoms with Crippen LogP contribution in [0.1, 0.15) is 18.1 Å². The van der Waals surface area contributed by atoms with Crippen molar-refractivity contribution in [3.8, 4) is 0 Å². The van der Waals surface area contributed by atoms with E-state index in [0.717, 1.165) is 38.3 Å². The second-order valence-electron chi connectivity index (χ2n) is 5.98. The van der Waals surface area contributed by atoms with Crippen LogP contribution in [0.5, 0.6) is 0 Å². The second kappa shape index (κ2) is 8.27. The SMILES string of the molecule is Cc1ccc(CNC(=O)C(C)N2CCN(CCO)CC2)cc1. The van der Waals surface area contributed by atoms with E-state index in [2.05, 4.69) is 34.2 Å². The van der Waals surface area contributed by atoms with Gasteiger partial charge in [-0.15, -0.1) is 0 Å². The fraction of sp³-hybridized carbons (Fsp3) is 0.588. The third-order valence-corrected chi connectivity index (χ3v) is 4.34. The molecule has 1 aliphatic rings. The molecule has 1 fully saturated rings. The van der Waals surface area contributed by atoms with E-state index in [1.165, 1.54) is 5.56 Å². The molecule has 0 spiro atoms. The van der Waals surface area contributed by atoms with Gasteiger partial charge in [0.05, 0.1) is 12.6 Å². The normalized spacial score (nSPS) is 18.1. The lowest BCUT2D eigenvalue weighted by Crippen LogP contribution is -2.54. The molecule has 1 aliphatic heterocycles. The Hall–Kier alpha value is -1.43. The van der Waals surface area contributed by atoms with Crippen molar-refractivity contribution in [3.05, 3.63) is 35.4 Å². The molecule has 2 N–H and O–H groups in total. The van der Waals surface area contributed by atoms with Crippen molar-refractivity contribution in [2.75, 3.05) is 39.3 Å². The highest BCUT2D eigenvalue weighted by molar-refractivity contribution is 5.81. The molecule has 5 heteroatoms. The lowest BCUT2D eigenvalue weighted by Gasteiger charge is -2.37. The van der Waals surface area contributed by atoms with Gasteiger partial charge in [-0.1, -0.05) is 29.8 Å². The van der Waals surface area contributed by atoms with Crippen LogP contribution in [-0.2, 0) is 11.3 Å². The van der Waals surface area contributed by atoms with E-state index in [1.54, 1.807) is 0 Å². The maximum absolute atomic E-state index is 12.3. The number of carbonyl (C=O) groups excluding carboxylic acids is 1. The van der Waals surface area contributed by atoms with Crippen molar-refractivity contribution in [1.82, 2.24) is 15.1 Å². The lowest BCUT2D eigenvalue weighted by atomic mass is 10.1. The lowest BCUT2D eigenvalue weighted by molar-refractivity contribution is -0.126. The average molecular weight is 305 g/mol. The van der Waals surface area contributed by atoms with Crippen LogP contribution in [0.3, 0.4) is 0 Å². The molecule has 1 unspecified atom stereocenters. The number of piperazine rings is 1.